The summed E-state index contributed by atoms with van der Waals surface area (Å²) in [5.41, 5.74) is 0. The van der Waals surface area contributed by atoms with Gasteiger partial charge < -0.3 is 14.7 Å². The Morgan fingerprint density at radius 3 is 2.63 bits per heavy atom. The van der Waals surface area contributed by atoms with Gasteiger partial charge in [-0.15, -0.1) is 0 Å². The topological polar surface area (TPSA) is 66.8 Å². The number of likely N-dealkylation sites (tertiary alicyclic amines) is 1. The van der Waals surface area contributed by atoms with Gasteiger partial charge in [-0.2, -0.15) is 0 Å². The number of fused-ring (bicyclic) bond motifs is 1. The summed E-state index contributed by atoms with van der Waals surface area (Å²) < 4.78 is 5.17. The third-order valence-electron chi connectivity index (χ3n) is 4.38. The van der Waals surface area contributed by atoms with Gasteiger partial charge in [0, 0.05) is 12.6 Å². The molecule has 1 aliphatic carbocycles. The van der Waals surface area contributed by atoms with Crippen LogP contribution in [0, 0.1) is 5.92 Å². The van der Waals surface area contributed by atoms with Crippen LogP contribution in [0.25, 0.3) is 0 Å². The Morgan fingerprint density at radius 1 is 1.21 bits per heavy atom. The van der Waals surface area contributed by atoms with E-state index in [4.69, 9.17) is 4.74 Å². The van der Waals surface area contributed by atoms with Crippen molar-refractivity contribution in [3.05, 3.63) is 0 Å². The Kier molecular flexibility index (Phi) is 4.80. The van der Waals surface area contributed by atoms with Crippen molar-refractivity contribution in [3.8, 4) is 0 Å². The van der Waals surface area contributed by atoms with E-state index in [-0.39, 0.29) is 18.6 Å². The molecule has 2 rings (SSSR count). The van der Waals surface area contributed by atoms with Gasteiger partial charge >= 0.3 is 5.97 Å². The maximum Gasteiger partial charge on any atom is 0.326 e. The van der Waals surface area contributed by atoms with Gasteiger partial charge in [0.2, 0.25) is 5.91 Å². The van der Waals surface area contributed by atoms with Crippen LogP contribution in [-0.4, -0.2) is 47.2 Å². The van der Waals surface area contributed by atoms with Crippen molar-refractivity contribution < 1.29 is 19.4 Å². The monoisotopic (exact) mass is 269 g/mol. The molecular formula is C14H23NO4. The SMILES string of the molecule is CCOCC(=O)N1C(C(=O)O)CCC2CCCCC21. The number of ether oxygens (including phenoxy) is 1. The van der Waals surface area contributed by atoms with Crippen molar-refractivity contribution >= 4 is 11.9 Å². The van der Waals surface area contributed by atoms with E-state index in [0.29, 0.717) is 18.9 Å². The Balaban J connectivity index is 2.14. The number of amides is 1. The normalized spacial score (nSPS) is 30.8. The summed E-state index contributed by atoms with van der Waals surface area (Å²) in [6, 6.07) is -0.552. The van der Waals surface area contributed by atoms with E-state index in [2.05, 4.69) is 0 Å². The first kappa shape index (κ1) is 14.3. The fourth-order valence-electron chi connectivity index (χ4n) is 3.50. The van der Waals surface area contributed by atoms with Gasteiger partial charge in [0.15, 0.2) is 0 Å². The molecule has 2 fully saturated rings. The number of hydrogen-bond acceptors (Lipinski definition) is 3. The minimum Gasteiger partial charge on any atom is -0.480 e. The van der Waals surface area contributed by atoms with Gasteiger partial charge in [0.1, 0.15) is 12.6 Å². The lowest BCUT2D eigenvalue weighted by Crippen LogP contribution is -2.58. The van der Waals surface area contributed by atoms with Crippen LogP contribution >= 0.6 is 0 Å². The predicted octanol–water partition coefficient (Wildman–Crippen LogP) is 1.66. The van der Waals surface area contributed by atoms with Crippen molar-refractivity contribution in [1.82, 2.24) is 4.90 Å². The first-order chi connectivity index (χ1) is 9.15. The second-order valence-electron chi connectivity index (χ2n) is 5.48. The van der Waals surface area contributed by atoms with E-state index in [9.17, 15) is 14.7 Å². The van der Waals surface area contributed by atoms with E-state index in [1.54, 1.807) is 4.90 Å². The molecule has 5 nitrogen and oxygen atoms in total. The molecular weight excluding hydrogens is 246 g/mol. The van der Waals surface area contributed by atoms with E-state index < -0.39 is 12.0 Å². The van der Waals surface area contributed by atoms with E-state index in [1.807, 2.05) is 6.92 Å². The summed E-state index contributed by atoms with van der Waals surface area (Å²) in [5.74, 6) is -0.561. The molecule has 1 saturated heterocycles. The molecule has 2 aliphatic rings. The highest BCUT2D eigenvalue weighted by Crippen LogP contribution is 2.38. The average Bonchev–Trinajstić information content (AvgIpc) is 2.43. The number of carboxylic acids is 1. The molecule has 0 aromatic rings. The number of nitrogens with zero attached hydrogens (tertiary/aromatic N) is 1. The lowest BCUT2D eigenvalue weighted by atomic mass is 9.76. The van der Waals surface area contributed by atoms with Gasteiger partial charge in [0.05, 0.1) is 0 Å². The van der Waals surface area contributed by atoms with Crippen LogP contribution in [0.1, 0.15) is 45.4 Å². The molecule has 5 heteroatoms. The van der Waals surface area contributed by atoms with Crippen molar-refractivity contribution in [2.45, 2.75) is 57.5 Å². The summed E-state index contributed by atoms with van der Waals surface area (Å²) >= 11 is 0. The standard InChI is InChI=1S/C14H23NO4/c1-2-19-9-13(16)15-11-6-4-3-5-10(11)7-8-12(15)14(17)18/h10-12H,2-9H2,1H3,(H,17,18). The second kappa shape index (κ2) is 6.37. The predicted molar refractivity (Wildman–Crippen MR) is 69.7 cm³/mol. The maximum atomic E-state index is 12.3. The highest BCUT2D eigenvalue weighted by atomic mass is 16.5. The van der Waals surface area contributed by atoms with Crippen molar-refractivity contribution in [2.24, 2.45) is 5.92 Å². The van der Waals surface area contributed by atoms with Crippen LogP contribution < -0.4 is 0 Å². The summed E-state index contributed by atoms with van der Waals surface area (Å²) in [5, 5.41) is 9.34. The average molecular weight is 269 g/mol. The van der Waals surface area contributed by atoms with E-state index >= 15 is 0 Å². The fraction of sp³-hybridized carbons (Fsp3) is 0.857. The van der Waals surface area contributed by atoms with Crippen LogP contribution in [0.15, 0.2) is 0 Å². The fourth-order valence-corrected chi connectivity index (χ4v) is 3.50. The molecule has 1 saturated carbocycles. The summed E-state index contributed by atoms with van der Waals surface area (Å²) in [6.45, 7) is 2.32. The quantitative estimate of drug-likeness (QED) is 0.843. The molecule has 0 aromatic carbocycles. The largest absolute Gasteiger partial charge is 0.480 e. The molecule has 19 heavy (non-hydrogen) atoms. The minimum atomic E-state index is -0.881. The van der Waals surface area contributed by atoms with Crippen LogP contribution in [-0.2, 0) is 14.3 Å². The van der Waals surface area contributed by atoms with E-state index in [0.717, 1.165) is 25.7 Å². The van der Waals surface area contributed by atoms with Crippen molar-refractivity contribution in [1.29, 1.82) is 0 Å². The van der Waals surface area contributed by atoms with E-state index in [1.165, 1.54) is 6.42 Å². The Hall–Kier alpha value is -1.10. The smallest absolute Gasteiger partial charge is 0.326 e. The van der Waals surface area contributed by atoms with Gasteiger partial charge in [-0.05, 0) is 38.5 Å². The molecule has 0 aromatic heterocycles. The van der Waals surface area contributed by atoms with Crippen LogP contribution in [0.5, 0.6) is 0 Å². The zero-order chi connectivity index (χ0) is 13.8. The lowest BCUT2D eigenvalue weighted by Gasteiger charge is -2.47. The summed E-state index contributed by atoms with van der Waals surface area (Å²) in [6.07, 6.45) is 5.86. The third-order valence-corrected chi connectivity index (χ3v) is 4.38. The van der Waals surface area contributed by atoms with Gasteiger partial charge in [-0.25, -0.2) is 4.79 Å². The minimum absolute atomic E-state index is 0.00347. The van der Waals surface area contributed by atoms with Crippen LogP contribution in [0.2, 0.25) is 0 Å². The maximum absolute atomic E-state index is 12.3. The van der Waals surface area contributed by atoms with Gasteiger partial charge in [-0.1, -0.05) is 12.8 Å². The van der Waals surface area contributed by atoms with Crippen LogP contribution in [0.3, 0.4) is 0 Å². The molecule has 1 aliphatic heterocycles. The number of carboxylic acid groups (broad SMARTS) is 1. The number of piperidine rings is 1. The molecule has 1 heterocycles. The molecule has 0 spiro atoms. The lowest BCUT2D eigenvalue weighted by molar-refractivity contribution is -0.160. The highest BCUT2D eigenvalue weighted by molar-refractivity contribution is 5.85. The third kappa shape index (κ3) is 3.08. The van der Waals surface area contributed by atoms with Gasteiger partial charge in [0.25, 0.3) is 0 Å². The molecule has 0 radical (unpaired) electrons. The zero-order valence-electron chi connectivity index (χ0n) is 11.5. The number of carbonyl (C=O) groups excluding carboxylic acids is 1. The first-order valence-electron chi connectivity index (χ1n) is 7.26. The molecule has 3 unspecified atom stereocenters. The molecule has 1 N–H and O–H groups in total. The first-order valence-corrected chi connectivity index (χ1v) is 7.26. The Morgan fingerprint density at radius 2 is 1.95 bits per heavy atom. The Bertz CT molecular complexity index is 344. The number of aliphatic carboxylic acids is 1. The van der Waals surface area contributed by atoms with Crippen LogP contribution in [0.4, 0.5) is 0 Å². The zero-order valence-corrected chi connectivity index (χ0v) is 11.5. The molecule has 3 atom stereocenters. The van der Waals surface area contributed by atoms with Crippen molar-refractivity contribution in [2.75, 3.05) is 13.2 Å². The number of hydrogen-bond donors (Lipinski definition) is 1. The summed E-state index contributed by atoms with van der Waals surface area (Å²) in [7, 11) is 0. The van der Waals surface area contributed by atoms with Gasteiger partial charge in [-0.3, -0.25) is 4.79 Å². The number of rotatable bonds is 4. The summed E-state index contributed by atoms with van der Waals surface area (Å²) in [4.78, 5) is 25.3. The highest BCUT2D eigenvalue weighted by Gasteiger charge is 2.43. The molecule has 1 amide bonds. The van der Waals surface area contributed by atoms with Crippen molar-refractivity contribution in [3.63, 3.8) is 0 Å². The molecule has 108 valence electrons. The number of carbonyl (C=O) groups is 2. The molecule has 0 bridgehead atoms. The Labute approximate surface area is 113 Å². The second-order valence-corrected chi connectivity index (χ2v) is 5.48.